The summed E-state index contributed by atoms with van der Waals surface area (Å²) in [7, 11) is 1.53. The van der Waals surface area contributed by atoms with Crippen LogP contribution in [0.2, 0.25) is 0 Å². The number of H-pyrrole nitrogens is 1. The van der Waals surface area contributed by atoms with Crippen LogP contribution in [-0.4, -0.2) is 28.7 Å². The zero-order valence-electron chi connectivity index (χ0n) is 14.1. The average molecular weight is 360 g/mol. The molecule has 0 fully saturated rings. The minimum absolute atomic E-state index is 0.135. The fourth-order valence-electron chi connectivity index (χ4n) is 2.93. The number of benzene rings is 1. The van der Waals surface area contributed by atoms with Gasteiger partial charge in [0, 0.05) is 18.1 Å². The summed E-state index contributed by atoms with van der Waals surface area (Å²) in [5.41, 5.74) is 7.48. The van der Waals surface area contributed by atoms with Crippen LogP contribution in [0.3, 0.4) is 0 Å². The lowest BCUT2D eigenvalue weighted by Crippen LogP contribution is -2.31. The Morgan fingerprint density at radius 3 is 2.92 bits per heavy atom. The van der Waals surface area contributed by atoms with Crippen LogP contribution < -0.4 is 21.3 Å². The quantitative estimate of drug-likeness (QED) is 0.429. The first-order valence-electron chi connectivity index (χ1n) is 8.04. The van der Waals surface area contributed by atoms with Gasteiger partial charge in [-0.3, -0.25) is 9.59 Å². The molecule has 1 atom stereocenters. The largest absolute Gasteiger partial charge is 0.495 e. The Bertz CT molecular complexity index is 865. The predicted molar refractivity (Wildman–Crippen MR) is 98.4 cm³/mol. The van der Waals surface area contributed by atoms with Crippen LogP contribution in [0.4, 0.5) is 11.5 Å². The van der Waals surface area contributed by atoms with Gasteiger partial charge in [0.1, 0.15) is 11.6 Å². The number of nitrogens with zero attached hydrogens (tertiary/aromatic N) is 1. The summed E-state index contributed by atoms with van der Waals surface area (Å²) in [5, 5.41) is 3.21. The van der Waals surface area contributed by atoms with Crippen molar-refractivity contribution in [2.45, 2.75) is 30.8 Å². The fraction of sp³-hybridized carbons (Fsp3) is 0.353. The normalized spacial score (nSPS) is 16.2. The van der Waals surface area contributed by atoms with Crippen molar-refractivity contribution in [3.8, 4) is 5.75 Å². The molecule has 1 unspecified atom stereocenters. The number of nitrogen functional groups attached to an aromatic ring is 1. The Hall–Kier alpha value is -2.48. The van der Waals surface area contributed by atoms with E-state index >= 15 is 0 Å². The molecule has 8 heteroatoms. The van der Waals surface area contributed by atoms with E-state index in [0.717, 1.165) is 12.2 Å². The second-order valence-corrected chi connectivity index (χ2v) is 6.83. The van der Waals surface area contributed by atoms with Crippen molar-refractivity contribution in [1.82, 2.24) is 9.97 Å². The summed E-state index contributed by atoms with van der Waals surface area (Å²) >= 11 is 1.45. The van der Waals surface area contributed by atoms with Gasteiger partial charge in [0.2, 0.25) is 5.91 Å². The maximum atomic E-state index is 12.7. The first kappa shape index (κ1) is 17.3. The highest BCUT2D eigenvalue weighted by molar-refractivity contribution is 7.99. The summed E-state index contributed by atoms with van der Waals surface area (Å²) in [6.45, 7) is 2.05. The number of carbonyl (C=O) groups excluding carboxylic acids is 1. The summed E-state index contributed by atoms with van der Waals surface area (Å²) in [6.07, 6.45) is 1.09. The lowest BCUT2D eigenvalue weighted by atomic mass is 9.86. The van der Waals surface area contributed by atoms with Gasteiger partial charge in [-0.2, -0.15) is 0 Å². The van der Waals surface area contributed by atoms with Crippen molar-refractivity contribution >= 4 is 29.2 Å². The fourth-order valence-corrected chi connectivity index (χ4v) is 3.64. The first-order valence-corrected chi connectivity index (χ1v) is 9.03. The number of aromatic amines is 1. The van der Waals surface area contributed by atoms with Gasteiger partial charge in [-0.15, -0.1) is 0 Å². The number of carbonyl (C=O) groups is 1. The molecular weight excluding hydrogens is 340 g/mol. The molecule has 4 N–H and O–H groups in total. The summed E-state index contributed by atoms with van der Waals surface area (Å²) in [6, 6.07) is 5.35. The molecule has 7 nitrogen and oxygen atoms in total. The molecule has 1 aromatic heterocycles. The Kier molecular flexibility index (Phi) is 4.98. The highest BCUT2D eigenvalue weighted by Gasteiger charge is 2.32. The molecule has 132 valence electrons. The minimum Gasteiger partial charge on any atom is -0.495 e. The number of anilines is 2. The number of amides is 1. The van der Waals surface area contributed by atoms with E-state index in [4.69, 9.17) is 10.5 Å². The predicted octanol–water partition coefficient (Wildman–Crippen LogP) is 2.34. The SMILES string of the molecule is CCCSc1nc2c(c(=O)[nH]1)C(c1cccc(OC)c1N)CC(=O)N2. The second kappa shape index (κ2) is 7.18. The van der Waals surface area contributed by atoms with Gasteiger partial charge in [-0.05, 0) is 18.1 Å². The number of hydrogen-bond acceptors (Lipinski definition) is 6. The summed E-state index contributed by atoms with van der Waals surface area (Å²) in [4.78, 5) is 32.1. The molecular formula is C17H20N4O3S. The van der Waals surface area contributed by atoms with Gasteiger partial charge in [0.15, 0.2) is 5.16 Å². The number of nitrogens with one attached hydrogen (secondary N) is 2. The van der Waals surface area contributed by atoms with Gasteiger partial charge in [0.05, 0.1) is 18.4 Å². The number of aromatic nitrogens is 2. The van der Waals surface area contributed by atoms with Gasteiger partial charge < -0.3 is 20.8 Å². The van der Waals surface area contributed by atoms with Crippen molar-refractivity contribution in [3.05, 3.63) is 39.7 Å². The van der Waals surface area contributed by atoms with Crippen LogP contribution in [0, 0.1) is 0 Å². The summed E-state index contributed by atoms with van der Waals surface area (Å²) < 4.78 is 5.25. The molecule has 0 radical (unpaired) electrons. The Balaban J connectivity index is 2.11. The first-order chi connectivity index (χ1) is 12.0. The number of para-hydroxylation sites is 1. The molecule has 1 amide bonds. The van der Waals surface area contributed by atoms with Crippen LogP contribution in [0.5, 0.6) is 5.75 Å². The topological polar surface area (TPSA) is 110 Å². The third kappa shape index (κ3) is 3.34. The van der Waals surface area contributed by atoms with E-state index < -0.39 is 5.92 Å². The zero-order chi connectivity index (χ0) is 18.0. The minimum atomic E-state index is -0.458. The lowest BCUT2D eigenvalue weighted by Gasteiger charge is -2.25. The second-order valence-electron chi connectivity index (χ2n) is 5.75. The Morgan fingerprint density at radius 1 is 1.40 bits per heavy atom. The maximum absolute atomic E-state index is 12.7. The van der Waals surface area contributed by atoms with Crippen LogP contribution in [0.1, 0.15) is 36.8 Å². The third-order valence-corrected chi connectivity index (χ3v) is 5.15. The molecule has 25 heavy (non-hydrogen) atoms. The number of ether oxygens (including phenoxy) is 1. The van der Waals surface area contributed by atoms with Crippen molar-refractivity contribution < 1.29 is 9.53 Å². The molecule has 1 aliphatic heterocycles. The molecule has 0 saturated heterocycles. The number of thioether (sulfide) groups is 1. The number of fused-ring (bicyclic) bond motifs is 1. The van der Waals surface area contributed by atoms with Crippen molar-refractivity contribution in [1.29, 1.82) is 0 Å². The molecule has 0 spiro atoms. The number of nitrogens with two attached hydrogens (primary N) is 1. The van der Waals surface area contributed by atoms with E-state index in [2.05, 4.69) is 15.3 Å². The zero-order valence-corrected chi connectivity index (χ0v) is 14.9. The highest BCUT2D eigenvalue weighted by atomic mass is 32.2. The third-order valence-electron chi connectivity index (χ3n) is 4.07. The van der Waals surface area contributed by atoms with Gasteiger partial charge in [-0.25, -0.2) is 4.98 Å². The number of rotatable bonds is 5. The molecule has 2 aromatic rings. The monoisotopic (exact) mass is 360 g/mol. The van der Waals surface area contributed by atoms with Crippen LogP contribution in [0.25, 0.3) is 0 Å². The van der Waals surface area contributed by atoms with Crippen molar-refractivity contribution in [2.24, 2.45) is 0 Å². The molecule has 1 aromatic carbocycles. The van der Waals surface area contributed by atoms with Gasteiger partial charge in [0.25, 0.3) is 5.56 Å². The summed E-state index contributed by atoms with van der Waals surface area (Å²) in [5.74, 6) is 1.02. The molecule has 3 rings (SSSR count). The van der Waals surface area contributed by atoms with Gasteiger partial charge >= 0.3 is 0 Å². The highest BCUT2D eigenvalue weighted by Crippen LogP contribution is 2.39. The smallest absolute Gasteiger partial charge is 0.257 e. The van der Waals surface area contributed by atoms with E-state index in [0.29, 0.717) is 33.5 Å². The van der Waals surface area contributed by atoms with Crippen LogP contribution in [-0.2, 0) is 4.79 Å². The Labute approximate surface area is 149 Å². The van der Waals surface area contributed by atoms with Crippen molar-refractivity contribution in [3.63, 3.8) is 0 Å². The van der Waals surface area contributed by atoms with E-state index in [1.807, 2.05) is 13.0 Å². The van der Waals surface area contributed by atoms with E-state index in [1.54, 1.807) is 12.1 Å². The lowest BCUT2D eigenvalue weighted by molar-refractivity contribution is -0.116. The molecule has 0 aliphatic carbocycles. The molecule has 2 heterocycles. The van der Waals surface area contributed by atoms with E-state index in [9.17, 15) is 9.59 Å². The maximum Gasteiger partial charge on any atom is 0.257 e. The van der Waals surface area contributed by atoms with Crippen LogP contribution in [0.15, 0.2) is 28.2 Å². The molecule has 1 aliphatic rings. The molecule has 0 bridgehead atoms. The van der Waals surface area contributed by atoms with E-state index in [-0.39, 0.29) is 17.9 Å². The van der Waals surface area contributed by atoms with Crippen molar-refractivity contribution in [2.75, 3.05) is 23.9 Å². The van der Waals surface area contributed by atoms with E-state index in [1.165, 1.54) is 18.9 Å². The number of methoxy groups -OCH3 is 1. The standard InChI is InChI=1S/C17H20N4O3S/c1-3-7-25-17-20-15-13(16(23)21-17)10(8-12(22)19-15)9-5-4-6-11(24-2)14(9)18/h4-6,10H,3,7-8,18H2,1-2H3,(H2,19,20,21,22,23). The van der Waals surface area contributed by atoms with Crippen LogP contribution >= 0.6 is 11.8 Å². The van der Waals surface area contributed by atoms with Gasteiger partial charge in [-0.1, -0.05) is 30.8 Å². The number of hydrogen-bond donors (Lipinski definition) is 3. The molecule has 0 saturated carbocycles. The Morgan fingerprint density at radius 2 is 2.20 bits per heavy atom. The average Bonchev–Trinajstić information content (AvgIpc) is 2.59.